The molecule has 1 N–H and O–H groups in total. The molecule has 0 fully saturated rings. The van der Waals surface area contributed by atoms with Gasteiger partial charge in [0.05, 0.1) is 21.2 Å². The van der Waals surface area contributed by atoms with E-state index >= 15 is 0 Å². The molecule has 130 valence electrons. The van der Waals surface area contributed by atoms with E-state index in [1.165, 1.54) is 12.1 Å². The van der Waals surface area contributed by atoms with Crippen molar-refractivity contribution in [2.24, 2.45) is 10.3 Å². The lowest BCUT2D eigenvalue weighted by molar-refractivity contribution is -0.137. The van der Waals surface area contributed by atoms with Gasteiger partial charge in [0.1, 0.15) is 5.69 Å². The maximum absolute atomic E-state index is 12.7. The van der Waals surface area contributed by atoms with E-state index in [0.717, 1.165) is 11.1 Å². The Bertz CT molecular complexity index is 859. The number of alkyl halides is 3. The van der Waals surface area contributed by atoms with Crippen molar-refractivity contribution in [2.75, 3.05) is 0 Å². The Morgan fingerprint density at radius 1 is 1.20 bits per heavy atom. The number of amides is 1. The number of nitrogens with zero attached hydrogens (tertiary/aromatic N) is 4. The number of pyridine rings is 1. The van der Waals surface area contributed by atoms with E-state index in [2.05, 4.69) is 20.9 Å². The highest BCUT2D eigenvalue weighted by Gasteiger charge is 2.36. The molecule has 0 aliphatic carbocycles. The number of nitrogens with one attached hydrogen (secondary N) is 1. The van der Waals surface area contributed by atoms with Gasteiger partial charge in [-0.3, -0.25) is 9.78 Å². The molecule has 2 aromatic rings. The summed E-state index contributed by atoms with van der Waals surface area (Å²) in [4.78, 5) is 16.3. The number of rotatable bonds is 2. The van der Waals surface area contributed by atoms with Gasteiger partial charge in [-0.25, -0.2) is 5.01 Å². The van der Waals surface area contributed by atoms with E-state index in [-0.39, 0.29) is 21.3 Å². The van der Waals surface area contributed by atoms with Gasteiger partial charge in [-0.2, -0.15) is 18.7 Å². The van der Waals surface area contributed by atoms with Crippen LogP contribution < -0.4 is 5.53 Å². The Labute approximate surface area is 149 Å². The molecule has 1 aliphatic rings. The SMILES string of the molecule is O=C(c1ccccc1Cl)N1NN=N[C@H]1c1ncc(C(F)(F)F)cc1Cl. The van der Waals surface area contributed by atoms with Crippen LogP contribution in [-0.2, 0) is 6.18 Å². The van der Waals surface area contributed by atoms with Crippen molar-refractivity contribution in [2.45, 2.75) is 12.3 Å². The van der Waals surface area contributed by atoms with Crippen molar-refractivity contribution in [3.05, 3.63) is 63.4 Å². The number of hydrazine groups is 1. The molecule has 1 aliphatic heterocycles. The number of hydrogen-bond donors (Lipinski definition) is 1. The third-order valence-corrected chi connectivity index (χ3v) is 3.96. The molecule has 0 saturated carbocycles. The van der Waals surface area contributed by atoms with Crippen LogP contribution in [-0.4, -0.2) is 15.9 Å². The van der Waals surface area contributed by atoms with E-state index in [1.807, 2.05) is 0 Å². The lowest BCUT2D eigenvalue weighted by atomic mass is 10.2. The van der Waals surface area contributed by atoms with Crippen molar-refractivity contribution in [3.8, 4) is 0 Å². The van der Waals surface area contributed by atoms with Crippen LogP contribution in [0.3, 0.4) is 0 Å². The summed E-state index contributed by atoms with van der Waals surface area (Å²) in [7, 11) is 0. The molecule has 2 heterocycles. The monoisotopic (exact) mass is 389 g/mol. The van der Waals surface area contributed by atoms with E-state index in [0.29, 0.717) is 6.20 Å². The maximum Gasteiger partial charge on any atom is 0.417 e. The quantitative estimate of drug-likeness (QED) is 0.825. The lowest BCUT2D eigenvalue weighted by Gasteiger charge is -2.21. The van der Waals surface area contributed by atoms with Crippen LogP contribution in [0.2, 0.25) is 10.0 Å². The summed E-state index contributed by atoms with van der Waals surface area (Å²) < 4.78 is 38.1. The molecule has 0 saturated heterocycles. The van der Waals surface area contributed by atoms with Gasteiger partial charge in [-0.1, -0.05) is 40.6 Å². The first-order valence-electron chi connectivity index (χ1n) is 6.75. The van der Waals surface area contributed by atoms with Gasteiger partial charge in [0, 0.05) is 6.20 Å². The van der Waals surface area contributed by atoms with Gasteiger partial charge >= 0.3 is 6.18 Å². The second-order valence-corrected chi connectivity index (χ2v) is 5.75. The predicted molar refractivity (Wildman–Crippen MR) is 82.6 cm³/mol. The molecule has 1 aromatic heterocycles. The summed E-state index contributed by atoms with van der Waals surface area (Å²) in [6.07, 6.45) is -5.09. The summed E-state index contributed by atoms with van der Waals surface area (Å²) in [6, 6.07) is 7.00. The molecular formula is C14H8Cl2F3N5O. The summed E-state index contributed by atoms with van der Waals surface area (Å²) >= 11 is 11.9. The Balaban J connectivity index is 1.93. The summed E-state index contributed by atoms with van der Waals surface area (Å²) in [5, 5.41) is 8.17. The Morgan fingerprint density at radius 3 is 2.56 bits per heavy atom. The maximum atomic E-state index is 12.7. The van der Waals surface area contributed by atoms with Gasteiger partial charge in [0.2, 0.25) is 6.17 Å². The van der Waals surface area contributed by atoms with Crippen molar-refractivity contribution < 1.29 is 18.0 Å². The number of halogens is 5. The van der Waals surface area contributed by atoms with Crippen LogP contribution in [0.4, 0.5) is 13.2 Å². The summed E-state index contributed by atoms with van der Waals surface area (Å²) in [5.41, 5.74) is 1.47. The van der Waals surface area contributed by atoms with Gasteiger partial charge < -0.3 is 0 Å². The number of carbonyl (C=O) groups excluding carboxylic acids is 1. The zero-order valence-electron chi connectivity index (χ0n) is 12.1. The highest BCUT2D eigenvalue weighted by atomic mass is 35.5. The van der Waals surface area contributed by atoms with Crippen LogP contribution in [0.25, 0.3) is 0 Å². The molecule has 0 bridgehead atoms. The first-order valence-corrected chi connectivity index (χ1v) is 7.51. The minimum Gasteiger partial charge on any atom is -0.267 e. The third-order valence-electron chi connectivity index (χ3n) is 3.33. The van der Waals surface area contributed by atoms with Crippen LogP contribution in [0.5, 0.6) is 0 Å². The molecule has 0 radical (unpaired) electrons. The van der Waals surface area contributed by atoms with Crippen molar-refractivity contribution >= 4 is 29.1 Å². The van der Waals surface area contributed by atoms with Gasteiger partial charge in [0.15, 0.2) is 0 Å². The molecular weight excluding hydrogens is 382 g/mol. The molecule has 1 atom stereocenters. The Morgan fingerprint density at radius 2 is 1.92 bits per heavy atom. The second kappa shape index (κ2) is 6.49. The number of aromatic nitrogens is 1. The number of benzene rings is 1. The Hall–Kier alpha value is -2.39. The fraction of sp³-hybridized carbons (Fsp3) is 0.143. The molecule has 3 rings (SSSR count). The van der Waals surface area contributed by atoms with Crippen LogP contribution in [0.15, 0.2) is 46.9 Å². The van der Waals surface area contributed by atoms with E-state index in [4.69, 9.17) is 23.2 Å². The molecule has 11 heteroatoms. The Kier molecular flexibility index (Phi) is 4.53. The normalized spacial score (nSPS) is 16.8. The first kappa shape index (κ1) is 17.4. The molecule has 1 amide bonds. The van der Waals surface area contributed by atoms with Gasteiger partial charge in [-0.05, 0) is 18.2 Å². The topological polar surface area (TPSA) is 70.0 Å². The van der Waals surface area contributed by atoms with Crippen LogP contribution in [0, 0.1) is 0 Å². The van der Waals surface area contributed by atoms with E-state index in [9.17, 15) is 18.0 Å². The van der Waals surface area contributed by atoms with Crippen molar-refractivity contribution in [1.82, 2.24) is 15.5 Å². The van der Waals surface area contributed by atoms with Crippen LogP contribution >= 0.6 is 23.2 Å². The minimum atomic E-state index is -4.59. The third kappa shape index (κ3) is 3.38. The number of hydrogen-bond acceptors (Lipinski definition) is 5. The largest absolute Gasteiger partial charge is 0.417 e. The number of carbonyl (C=O) groups is 1. The molecule has 6 nitrogen and oxygen atoms in total. The lowest BCUT2D eigenvalue weighted by Crippen LogP contribution is -2.39. The molecule has 0 spiro atoms. The minimum absolute atomic E-state index is 0.0520. The highest BCUT2D eigenvalue weighted by Crippen LogP contribution is 2.35. The zero-order valence-corrected chi connectivity index (χ0v) is 13.6. The smallest absolute Gasteiger partial charge is 0.267 e. The standard InChI is InChI=1S/C14H8Cl2F3N5O/c15-9-4-2-1-3-8(9)13(25)24-12(21-22-23-24)11-10(16)5-7(6-20-11)14(17,18)19/h1-6,12H,(H,21,23)/t12-/m1/s1. The van der Waals surface area contributed by atoms with E-state index in [1.54, 1.807) is 12.1 Å². The highest BCUT2D eigenvalue weighted by molar-refractivity contribution is 6.33. The van der Waals surface area contributed by atoms with Crippen molar-refractivity contribution in [1.29, 1.82) is 0 Å². The zero-order chi connectivity index (χ0) is 18.2. The molecule has 25 heavy (non-hydrogen) atoms. The summed E-state index contributed by atoms with van der Waals surface area (Å²) in [5.74, 6) is -0.585. The first-order chi connectivity index (χ1) is 11.8. The van der Waals surface area contributed by atoms with Crippen LogP contribution in [0.1, 0.15) is 27.8 Å². The van der Waals surface area contributed by atoms with E-state index < -0.39 is 23.8 Å². The average Bonchev–Trinajstić information content (AvgIpc) is 3.03. The second-order valence-electron chi connectivity index (χ2n) is 4.93. The van der Waals surface area contributed by atoms with Gasteiger partial charge in [0.25, 0.3) is 5.91 Å². The molecule has 0 unspecified atom stereocenters. The molecule has 1 aromatic carbocycles. The van der Waals surface area contributed by atoms with Crippen molar-refractivity contribution in [3.63, 3.8) is 0 Å². The summed E-state index contributed by atoms with van der Waals surface area (Å²) in [6.45, 7) is 0. The average molecular weight is 390 g/mol. The fourth-order valence-electron chi connectivity index (χ4n) is 2.13. The van der Waals surface area contributed by atoms with Gasteiger partial charge in [-0.15, -0.1) is 5.11 Å². The fourth-order valence-corrected chi connectivity index (χ4v) is 2.61. The predicted octanol–water partition coefficient (Wildman–Crippen LogP) is 4.43.